The number of hydrogen-bond acceptors (Lipinski definition) is 3. The van der Waals surface area contributed by atoms with Crippen LogP contribution in [0.25, 0.3) is 0 Å². The molecule has 2 fully saturated rings. The monoisotopic (exact) mass is 254 g/mol. The maximum Gasteiger partial charge on any atom is 0.228 e. The van der Waals surface area contributed by atoms with Gasteiger partial charge in [0.05, 0.1) is 11.5 Å². The van der Waals surface area contributed by atoms with Crippen molar-refractivity contribution in [2.75, 3.05) is 33.3 Å². The summed E-state index contributed by atoms with van der Waals surface area (Å²) >= 11 is 0. The van der Waals surface area contributed by atoms with E-state index in [1.165, 1.54) is 0 Å². The second kappa shape index (κ2) is 6.02. The molecule has 0 aromatic carbocycles. The van der Waals surface area contributed by atoms with Crippen LogP contribution in [0.5, 0.6) is 0 Å². The molecule has 0 unspecified atom stereocenters. The molecular weight excluding hydrogens is 228 g/mol. The second-order valence-corrected chi connectivity index (χ2v) is 5.61. The van der Waals surface area contributed by atoms with E-state index >= 15 is 0 Å². The summed E-state index contributed by atoms with van der Waals surface area (Å²) in [7, 11) is 1.77. The largest absolute Gasteiger partial charge is 0.381 e. The smallest absolute Gasteiger partial charge is 0.228 e. The minimum atomic E-state index is -0.0921. The number of methoxy groups -OCH3 is 1. The summed E-state index contributed by atoms with van der Waals surface area (Å²) in [6.45, 7) is 5.85. The summed E-state index contributed by atoms with van der Waals surface area (Å²) in [6, 6.07) is 0. The van der Waals surface area contributed by atoms with E-state index in [0.717, 1.165) is 58.3 Å². The normalized spacial score (nSPS) is 25.1. The molecule has 0 bridgehead atoms. The van der Waals surface area contributed by atoms with E-state index in [9.17, 15) is 4.79 Å². The van der Waals surface area contributed by atoms with Crippen LogP contribution in [0.1, 0.15) is 39.0 Å². The van der Waals surface area contributed by atoms with Gasteiger partial charge in [0.2, 0.25) is 5.91 Å². The summed E-state index contributed by atoms with van der Waals surface area (Å²) in [5.41, 5.74) is -0.0921. The molecule has 4 heteroatoms. The van der Waals surface area contributed by atoms with Crippen molar-refractivity contribution in [3.8, 4) is 0 Å². The Morgan fingerprint density at radius 1 is 1.33 bits per heavy atom. The molecule has 1 N–H and O–H groups in total. The van der Waals surface area contributed by atoms with Crippen molar-refractivity contribution in [1.29, 1.82) is 0 Å². The van der Waals surface area contributed by atoms with Crippen LogP contribution in [0.3, 0.4) is 0 Å². The number of piperidine rings is 2. The minimum Gasteiger partial charge on any atom is -0.381 e. The predicted octanol–water partition coefficient (Wildman–Crippen LogP) is 1.40. The summed E-state index contributed by atoms with van der Waals surface area (Å²) in [5.74, 6) is 0.390. The number of rotatable bonds is 3. The van der Waals surface area contributed by atoms with Gasteiger partial charge >= 0.3 is 0 Å². The number of ether oxygens (including phenoxy) is 1. The van der Waals surface area contributed by atoms with Gasteiger partial charge in [-0.25, -0.2) is 0 Å². The first-order valence-electron chi connectivity index (χ1n) is 7.25. The molecule has 0 saturated carbocycles. The number of hydrogen-bond donors (Lipinski definition) is 1. The third kappa shape index (κ3) is 2.69. The van der Waals surface area contributed by atoms with Crippen molar-refractivity contribution in [3.63, 3.8) is 0 Å². The minimum absolute atomic E-state index is 0.0921. The van der Waals surface area contributed by atoms with Gasteiger partial charge in [-0.1, -0.05) is 6.92 Å². The summed E-state index contributed by atoms with van der Waals surface area (Å²) in [4.78, 5) is 14.8. The van der Waals surface area contributed by atoms with Crippen molar-refractivity contribution in [2.24, 2.45) is 5.41 Å². The van der Waals surface area contributed by atoms with E-state index in [-0.39, 0.29) is 5.41 Å². The first-order valence-corrected chi connectivity index (χ1v) is 7.25. The third-order valence-electron chi connectivity index (χ3n) is 4.75. The Morgan fingerprint density at radius 2 is 1.94 bits per heavy atom. The van der Waals surface area contributed by atoms with E-state index in [4.69, 9.17) is 4.74 Å². The highest BCUT2D eigenvalue weighted by Crippen LogP contribution is 2.35. The highest BCUT2D eigenvalue weighted by atomic mass is 16.5. The molecule has 2 heterocycles. The highest BCUT2D eigenvalue weighted by molar-refractivity contribution is 5.83. The van der Waals surface area contributed by atoms with Crippen LogP contribution in [0.15, 0.2) is 0 Å². The molecule has 104 valence electrons. The average molecular weight is 254 g/mol. The van der Waals surface area contributed by atoms with Gasteiger partial charge in [0, 0.05) is 20.2 Å². The molecular formula is C14H26N2O2. The summed E-state index contributed by atoms with van der Waals surface area (Å²) < 4.78 is 5.37. The van der Waals surface area contributed by atoms with E-state index in [0.29, 0.717) is 12.0 Å². The molecule has 0 aliphatic carbocycles. The van der Waals surface area contributed by atoms with Gasteiger partial charge in [0.25, 0.3) is 0 Å². The Hall–Kier alpha value is -0.610. The van der Waals surface area contributed by atoms with Gasteiger partial charge in [-0.05, 0) is 45.2 Å². The molecule has 0 radical (unpaired) electrons. The zero-order valence-corrected chi connectivity index (χ0v) is 11.7. The van der Waals surface area contributed by atoms with E-state index in [2.05, 4.69) is 17.1 Å². The fourth-order valence-corrected chi connectivity index (χ4v) is 3.25. The van der Waals surface area contributed by atoms with Crippen LogP contribution < -0.4 is 5.32 Å². The van der Waals surface area contributed by atoms with Crippen molar-refractivity contribution in [1.82, 2.24) is 10.2 Å². The molecule has 0 aromatic heterocycles. The summed E-state index contributed by atoms with van der Waals surface area (Å²) in [5, 5.41) is 3.36. The Balaban J connectivity index is 1.97. The Bertz CT molecular complexity index is 280. The SMILES string of the molecule is CCC1(C(=O)N2CCC(OC)CC2)CCNCC1. The van der Waals surface area contributed by atoms with Crippen molar-refractivity contribution >= 4 is 5.91 Å². The quantitative estimate of drug-likeness (QED) is 0.828. The lowest BCUT2D eigenvalue weighted by atomic mass is 9.75. The maximum atomic E-state index is 12.8. The lowest BCUT2D eigenvalue weighted by Crippen LogP contribution is -2.51. The topological polar surface area (TPSA) is 41.6 Å². The molecule has 0 atom stereocenters. The second-order valence-electron chi connectivity index (χ2n) is 5.61. The molecule has 0 spiro atoms. The molecule has 0 aromatic rings. The lowest BCUT2D eigenvalue weighted by Gasteiger charge is -2.41. The standard InChI is InChI=1S/C14H26N2O2/c1-3-14(6-8-15-9-7-14)13(17)16-10-4-12(18-2)5-11-16/h12,15H,3-11H2,1-2H3. The number of carbonyl (C=O) groups is 1. The molecule has 2 aliphatic rings. The fraction of sp³-hybridized carbons (Fsp3) is 0.929. The number of nitrogens with zero attached hydrogens (tertiary/aromatic N) is 1. The molecule has 4 nitrogen and oxygen atoms in total. The van der Waals surface area contributed by atoms with Gasteiger partial charge in [-0.15, -0.1) is 0 Å². The van der Waals surface area contributed by atoms with Crippen molar-refractivity contribution in [2.45, 2.75) is 45.1 Å². The first kappa shape index (κ1) is 13.8. The average Bonchev–Trinajstić information content (AvgIpc) is 2.47. The Labute approximate surface area is 110 Å². The van der Waals surface area contributed by atoms with Crippen LogP contribution in [0, 0.1) is 5.41 Å². The molecule has 2 aliphatic heterocycles. The number of nitrogens with one attached hydrogen (secondary N) is 1. The van der Waals surface area contributed by atoms with Gasteiger partial charge in [-0.2, -0.15) is 0 Å². The molecule has 2 rings (SSSR count). The van der Waals surface area contributed by atoms with Crippen LogP contribution in [0.4, 0.5) is 0 Å². The van der Waals surface area contributed by atoms with Gasteiger partial charge in [0.1, 0.15) is 0 Å². The predicted molar refractivity (Wildman–Crippen MR) is 71.4 cm³/mol. The lowest BCUT2D eigenvalue weighted by molar-refractivity contribution is -0.146. The maximum absolute atomic E-state index is 12.8. The molecule has 1 amide bonds. The van der Waals surface area contributed by atoms with Gasteiger partial charge < -0.3 is 15.0 Å². The van der Waals surface area contributed by atoms with Gasteiger partial charge in [0.15, 0.2) is 0 Å². The zero-order valence-electron chi connectivity index (χ0n) is 11.7. The highest BCUT2D eigenvalue weighted by Gasteiger charge is 2.41. The number of likely N-dealkylation sites (tertiary alicyclic amines) is 1. The fourth-order valence-electron chi connectivity index (χ4n) is 3.25. The van der Waals surface area contributed by atoms with Crippen molar-refractivity contribution in [3.05, 3.63) is 0 Å². The van der Waals surface area contributed by atoms with Crippen molar-refractivity contribution < 1.29 is 9.53 Å². The van der Waals surface area contributed by atoms with E-state index in [1.54, 1.807) is 7.11 Å². The number of amides is 1. The van der Waals surface area contributed by atoms with Crippen LogP contribution in [0.2, 0.25) is 0 Å². The molecule has 18 heavy (non-hydrogen) atoms. The Kier molecular flexibility index (Phi) is 4.62. The third-order valence-corrected chi connectivity index (χ3v) is 4.75. The zero-order chi connectivity index (χ0) is 13.0. The summed E-state index contributed by atoms with van der Waals surface area (Å²) in [6.07, 6.45) is 5.27. The van der Waals surface area contributed by atoms with Gasteiger partial charge in [-0.3, -0.25) is 4.79 Å². The molecule has 2 saturated heterocycles. The Morgan fingerprint density at radius 3 is 2.44 bits per heavy atom. The number of carbonyl (C=O) groups excluding carboxylic acids is 1. The van der Waals surface area contributed by atoms with Crippen LogP contribution >= 0.6 is 0 Å². The van der Waals surface area contributed by atoms with Crippen LogP contribution in [-0.2, 0) is 9.53 Å². The van der Waals surface area contributed by atoms with E-state index < -0.39 is 0 Å². The first-order chi connectivity index (χ1) is 8.72. The van der Waals surface area contributed by atoms with E-state index in [1.807, 2.05) is 0 Å². The van der Waals surface area contributed by atoms with Crippen LogP contribution in [-0.4, -0.2) is 50.2 Å².